The molecular weight excluding hydrogens is 331 g/mol. The summed E-state index contributed by atoms with van der Waals surface area (Å²) in [6.45, 7) is 3.34. The number of nitrogens with one attached hydrogen (secondary N) is 1. The van der Waals surface area contributed by atoms with Gasteiger partial charge in [0.25, 0.3) is 0 Å². The Morgan fingerprint density at radius 3 is 1.50 bits per heavy atom. The molecule has 0 heterocycles. The minimum absolute atomic E-state index is 0.768. The molecule has 0 amide bonds. The third-order valence-corrected chi connectivity index (χ3v) is 1.98. The maximum absolute atomic E-state index is 11.8. The van der Waals surface area contributed by atoms with Crippen molar-refractivity contribution in [2.75, 3.05) is 40.5 Å². The van der Waals surface area contributed by atoms with Crippen LogP contribution in [0.4, 0.5) is 30.7 Å². The van der Waals surface area contributed by atoms with E-state index >= 15 is 0 Å². The first-order valence-corrected chi connectivity index (χ1v) is 5.60. The molecule has 0 bridgehead atoms. The monoisotopic (exact) mass is 347 g/mol. The SMILES string of the molecule is COCCNCCOC.O=C(O)C(F)(F)C(F)(F)C(F)(F)F. The number of methoxy groups -OCH3 is 2. The van der Waals surface area contributed by atoms with Crippen molar-refractivity contribution in [1.29, 1.82) is 0 Å². The van der Waals surface area contributed by atoms with Crippen LogP contribution >= 0.6 is 0 Å². The number of halogens is 7. The van der Waals surface area contributed by atoms with Crippen LogP contribution < -0.4 is 5.32 Å². The lowest BCUT2D eigenvalue weighted by molar-refractivity contribution is -0.347. The van der Waals surface area contributed by atoms with E-state index in [2.05, 4.69) is 5.32 Å². The number of hydrogen-bond donors (Lipinski definition) is 2. The van der Waals surface area contributed by atoms with Crippen molar-refractivity contribution in [3.05, 3.63) is 0 Å². The molecule has 0 unspecified atom stereocenters. The molecule has 0 radical (unpaired) electrons. The van der Waals surface area contributed by atoms with Crippen LogP contribution in [0.15, 0.2) is 0 Å². The van der Waals surface area contributed by atoms with E-state index in [1.54, 1.807) is 14.2 Å². The Morgan fingerprint density at radius 2 is 1.32 bits per heavy atom. The first kappa shape index (κ1) is 23.1. The minimum atomic E-state index is -6.60. The van der Waals surface area contributed by atoms with E-state index < -0.39 is 24.0 Å². The third kappa shape index (κ3) is 7.22. The van der Waals surface area contributed by atoms with Gasteiger partial charge < -0.3 is 19.9 Å². The molecule has 0 saturated carbocycles. The van der Waals surface area contributed by atoms with Crippen LogP contribution in [-0.2, 0) is 14.3 Å². The number of carbonyl (C=O) groups is 1. The van der Waals surface area contributed by atoms with Gasteiger partial charge in [-0.1, -0.05) is 0 Å². The molecule has 12 heteroatoms. The Kier molecular flexibility index (Phi) is 10.3. The second-order valence-electron chi connectivity index (χ2n) is 3.69. The molecule has 0 aromatic heterocycles. The zero-order chi connectivity index (χ0) is 18.0. The second kappa shape index (κ2) is 9.79. The van der Waals surface area contributed by atoms with E-state index in [-0.39, 0.29) is 0 Å². The standard InChI is InChI=1S/C6H15NO2.C4HF7O2/c1-8-5-3-7-4-6-9-2;5-2(6,1(12)13)3(7,8)4(9,10)11/h7H,3-6H2,1-2H3;(H,12,13). The summed E-state index contributed by atoms with van der Waals surface area (Å²) >= 11 is 0. The second-order valence-corrected chi connectivity index (χ2v) is 3.69. The average molecular weight is 347 g/mol. The van der Waals surface area contributed by atoms with Crippen LogP contribution in [0.1, 0.15) is 0 Å². The Morgan fingerprint density at radius 1 is 0.955 bits per heavy atom. The van der Waals surface area contributed by atoms with Gasteiger partial charge in [0.2, 0.25) is 0 Å². The summed E-state index contributed by atoms with van der Waals surface area (Å²) in [5, 5.41) is 10.5. The van der Waals surface area contributed by atoms with Crippen LogP contribution in [0, 0.1) is 0 Å². The van der Waals surface area contributed by atoms with Crippen molar-refractivity contribution in [2.45, 2.75) is 18.0 Å². The number of rotatable bonds is 8. The summed E-state index contributed by atoms with van der Waals surface area (Å²) in [5.41, 5.74) is 0. The molecule has 5 nitrogen and oxygen atoms in total. The van der Waals surface area contributed by atoms with Crippen LogP contribution in [-0.4, -0.2) is 69.6 Å². The van der Waals surface area contributed by atoms with Crippen LogP contribution in [0.5, 0.6) is 0 Å². The molecule has 0 aromatic rings. The maximum atomic E-state index is 11.8. The third-order valence-electron chi connectivity index (χ3n) is 1.98. The Balaban J connectivity index is 0. The fraction of sp³-hybridized carbons (Fsp3) is 0.900. The summed E-state index contributed by atoms with van der Waals surface area (Å²) in [4.78, 5) is 9.38. The van der Waals surface area contributed by atoms with E-state index in [1.807, 2.05) is 0 Å². The lowest BCUT2D eigenvalue weighted by atomic mass is 10.1. The molecule has 0 spiro atoms. The summed E-state index contributed by atoms with van der Waals surface area (Å²) < 4.78 is 90.1. The Labute approximate surface area is 121 Å². The molecule has 0 aliphatic rings. The van der Waals surface area contributed by atoms with Crippen LogP contribution in [0.25, 0.3) is 0 Å². The summed E-state index contributed by atoms with van der Waals surface area (Å²) in [7, 11) is 3.38. The highest BCUT2D eigenvalue weighted by Gasteiger charge is 2.76. The summed E-state index contributed by atoms with van der Waals surface area (Å²) in [5.74, 6) is -16.3. The predicted molar refractivity (Wildman–Crippen MR) is 60.2 cm³/mol. The largest absolute Gasteiger partial charge is 0.477 e. The lowest BCUT2D eigenvalue weighted by Crippen LogP contribution is -2.56. The maximum Gasteiger partial charge on any atom is 0.460 e. The van der Waals surface area contributed by atoms with E-state index in [1.165, 1.54) is 0 Å². The van der Waals surface area contributed by atoms with Gasteiger partial charge in [-0.3, -0.25) is 0 Å². The van der Waals surface area contributed by atoms with Crippen molar-refractivity contribution in [3.8, 4) is 0 Å². The lowest BCUT2D eigenvalue weighted by Gasteiger charge is -2.24. The number of carboxylic acid groups (broad SMARTS) is 1. The molecule has 22 heavy (non-hydrogen) atoms. The number of ether oxygens (including phenoxy) is 2. The van der Waals surface area contributed by atoms with Gasteiger partial charge in [0, 0.05) is 27.3 Å². The quantitative estimate of drug-likeness (QED) is 0.518. The summed E-state index contributed by atoms with van der Waals surface area (Å²) in [6, 6.07) is 0. The van der Waals surface area contributed by atoms with Gasteiger partial charge in [0.05, 0.1) is 13.2 Å². The van der Waals surface area contributed by atoms with Gasteiger partial charge in [0.15, 0.2) is 0 Å². The Hall–Kier alpha value is -1.14. The zero-order valence-electron chi connectivity index (χ0n) is 11.6. The summed E-state index contributed by atoms with van der Waals surface area (Å²) in [6.07, 6.45) is -6.60. The molecule has 0 saturated heterocycles. The molecule has 0 aromatic carbocycles. The minimum Gasteiger partial charge on any atom is -0.477 e. The van der Waals surface area contributed by atoms with Gasteiger partial charge in [-0.05, 0) is 0 Å². The van der Waals surface area contributed by atoms with Crippen molar-refractivity contribution < 1.29 is 50.1 Å². The van der Waals surface area contributed by atoms with Gasteiger partial charge in [-0.25, -0.2) is 4.79 Å². The van der Waals surface area contributed by atoms with E-state index in [4.69, 9.17) is 14.6 Å². The molecule has 0 aliphatic heterocycles. The molecule has 0 fully saturated rings. The molecule has 0 rings (SSSR count). The van der Waals surface area contributed by atoms with Crippen molar-refractivity contribution >= 4 is 5.97 Å². The fourth-order valence-corrected chi connectivity index (χ4v) is 0.786. The average Bonchev–Trinajstić information content (AvgIpc) is 2.37. The van der Waals surface area contributed by atoms with Crippen molar-refractivity contribution in [1.82, 2.24) is 5.32 Å². The number of aliphatic carboxylic acids is 1. The van der Waals surface area contributed by atoms with Crippen molar-refractivity contribution in [2.24, 2.45) is 0 Å². The predicted octanol–water partition coefficient (Wildman–Crippen LogP) is 1.77. The van der Waals surface area contributed by atoms with Gasteiger partial charge in [-0.2, -0.15) is 30.7 Å². The smallest absolute Gasteiger partial charge is 0.460 e. The molecule has 0 atom stereocenters. The van der Waals surface area contributed by atoms with E-state index in [9.17, 15) is 35.5 Å². The highest BCUT2D eigenvalue weighted by atomic mass is 19.4. The van der Waals surface area contributed by atoms with Gasteiger partial charge in [0.1, 0.15) is 0 Å². The van der Waals surface area contributed by atoms with Crippen LogP contribution in [0.2, 0.25) is 0 Å². The normalized spacial score (nSPS) is 12.6. The fourth-order valence-electron chi connectivity index (χ4n) is 0.786. The highest BCUT2D eigenvalue weighted by molar-refractivity contribution is 5.76. The van der Waals surface area contributed by atoms with Gasteiger partial charge in [-0.15, -0.1) is 0 Å². The molecule has 0 aliphatic carbocycles. The Bertz CT molecular complexity index is 317. The van der Waals surface area contributed by atoms with Crippen molar-refractivity contribution in [3.63, 3.8) is 0 Å². The van der Waals surface area contributed by atoms with Gasteiger partial charge >= 0.3 is 24.0 Å². The first-order chi connectivity index (χ1) is 9.86. The number of carboxylic acids is 1. The highest BCUT2D eigenvalue weighted by Crippen LogP contribution is 2.46. The molecule has 134 valence electrons. The van der Waals surface area contributed by atoms with E-state index in [0.29, 0.717) is 0 Å². The molecular formula is C10H16F7NO4. The zero-order valence-corrected chi connectivity index (χ0v) is 11.6. The molecule has 2 N–H and O–H groups in total. The van der Waals surface area contributed by atoms with Crippen LogP contribution in [0.3, 0.4) is 0 Å². The number of alkyl halides is 7. The topological polar surface area (TPSA) is 67.8 Å². The first-order valence-electron chi connectivity index (χ1n) is 5.60. The van der Waals surface area contributed by atoms with E-state index in [0.717, 1.165) is 26.3 Å². The number of hydrogen-bond acceptors (Lipinski definition) is 4.